The molecule has 0 atom stereocenters. The largest absolute Gasteiger partial charge is 0.274 e. The van der Waals surface area contributed by atoms with Crippen LogP contribution in [0.5, 0.6) is 0 Å². The number of thioether (sulfide) groups is 1. The number of nitro benzene ring substituents is 1. The Labute approximate surface area is 173 Å². The van der Waals surface area contributed by atoms with Gasteiger partial charge in [-0.15, -0.1) is 11.8 Å². The van der Waals surface area contributed by atoms with Gasteiger partial charge in [-0.2, -0.15) is 0 Å². The average molecular weight is 410 g/mol. The summed E-state index contributed by atoms with van der Waals surface area (Å²) in [7, 11) is 0. The molecule has 0 spiro atoms. The minimum Gasteiger partial charge on any atom is -0.274 e. The Balaban J connectivity index is 1.91. The molecule has 0 saturated carbocycles. The SMILES string of the molecule is CCCCCN1C(=O)C(SCc2ccccc2)=C(c2ccc([N+](=O)[O-])cc2)C1=O. The standard InChI is InChI=1S/C22H22N2O4S/c1-2-3-7-14-23-21(25)19(17-10-12-18(13-11-17)24(27)28)20(22(23)26)29-15-16-8-5-4-6-9-16/h4-6,8-13H,2-3,7,14-15H2,1H3. The second-order valence-corrected chi connectivity index (χ2v) is 7.74. The Morgan fingerprint density at radius 2 is 1.66 bits per heavy atom. The van der Waals surface area contributed by atoms with Gasteiger partial charge in [-0.3, -0.25) is 24.6 Å². The van der Waals surface area contributed by atoms with Gasteiger partial charge in [-0.05, 0) is 29.7 Å². The summed E-state index contributed by atoms with van der Waals surface area (Å²) in [6.07, 6.45) is 2.70. The van der Waals surface area contributed by atoms with Crippen molar-refractivity contribution in [3.05, 3.63) is 80.7 Å². The molecule has 150 valence electrons. The summed E-state index contributed by atoms with van der Waals surface area (Å²) in [5.41, 5.74) is 1.87. The van der Waals surface area contributed by atoms with E-state index in [2.05, 4.69) is 6.92 Å². The Morgan fingerprint density at radius 1 is 0.966 bits per heavy atom. The first-order valence-corrected chi connectivity index (χ1v) is 10.5. The van der Waals surface area contributed by atoms with Gasteiger partial charge in [0.2, 0.25) is 0 Å². The monoisotopic (exact) mass is 410 g/mol. The van der Waals surface area contributed by atoms with Gasteiger partial charge in [-0.1, -0.05) is 50.1 Å². The predicted molar refractivity (Wildman–Crippen MR) is 114 cm³/mol. The van der Waals surface area contributed by atoms with Gasteiger partial charge in [0.25, 0.3) is 17.5 Å². The molecule has 0 radical (unpaired) electrons. The second-order valence-electron chi connectivity index (χ2n) is 6.75. The Hall–Kier alpha value is -2.93. The van der Waals surface area contributed by atoms with Crippen molar-refractivity contribution in [2.75, 3.05) is 6.54 Å². The zero-order valence-electron chi connectivity index (χ0n) is 16.2. The molecule has 0 aliphatic carbocycles. The van der Waals surface area contributed by atoms with E-state index in [0.29, 0.717) is 28.3 Å². The van der Waals surface area contributed by atoms with Crippen molar-refractivity contribution in [1.82, 2.24) is 4.90 Å². The zero-order valence-corrected chi connectivity index (χ0v) is 17.0. The number of carbonyl (C=O) groups is 2. The highest BCUT2D eigenvalue weighted by Gasteiger charge is 2.38. The van der Waals surface area contributed by atoms with E-state index in [4.69, 9.17) is 0 Å². The average Bonchev–Trinajstić information content (AvgIpc) is 2.97. The number of nitrogens with zero attached hydrogens (tertiary/aromatic N) is 2. The molecule has 2 aromatic carbocycles. The van der Waals surface area contributed by atoms with E-state index in [1.807, 2.05) is 30.3 Å². The highest BCUT2D eigenvalue weighted by atomic mass is 32.2. The third-order valence-electron chi connectivity index (χ3n) is 4.70. The van der Waals surface area contributed by atoms with Crippen molar-refractivity contribution in [1.29, 1.82) is 0 Å². The molecular formula is C22H22N2O4S. The number of benzene rings is 2. The number of hydrogen-bond donors (Lipinski definition) is 0. The highest BCUT2D eigenvalue weighted by molar-refractivity contribution is 8.03. The van der Waals surface area contributed by atoms with Gasteiger partial charge in [-0.25, -0.2) is 0 Å². The lowest BCUT2D eigenvalue weighted by Crippen LogP contribution is -2.32. The van der Waals surface area contributed by atoms with Crippen LogP contribution in [0.3, 0.4) is 0 Å². The number of unbranched alkanes of at least 4 members (excludes halogenated alkanes) is 2. The normalized spacial score (nSPS) is 14.0. The summed E-state index contributed by atoms with van der Waals surface area (Å²) in [6, 6.07) is 15.5. The molecule has 0 fully saturated rings. The number of nitro groups is 1. The number of rotatable bonds is 9. The maximum absolute atomic E-state index is 13.1. The lowest BCUT2D eigenvalue weighted by molar-refractivity contribution is -0.384. The summed E-state index contributed by atoms with van der Waals surface area (Å²) < 4.78 is 0. The molecule has 0 bridgehead atoms. The third-order valence-corrected chi connectivity index (χ3v) is 5.85. The van der Waals surface area contributed by atoms with Crippen LogP contribution in [0, 0.1) is 10.1 Å². The van der Waals surface area contributed by atoms with Gasteiger partial charge in [0.05, 0.1) is 15.4 Å². The van der Waals surface area contributed by atoms with E-state index in [-0.39, 0.29) is 17.5 Å². The number of hydrogen-bond acceptors (Lipinski definition) is 5. The van der Waals surface area contributed by atoms with E-state index in [9.17, 15) is 19.7 Å². The van der Waals surface area contributed by atoms with E-state index in [1.165, 1.54) is 40.9 Å². The van der Waals surface area contributed by atoms with Gasteiger partial charge in [0, 0.05) is 24.4 Å². The maximum atomic E-state index is 13.1. The van der Waals surface area contributed by atoms with Crippen LogP contribution in [0.1, 0.15) is 37.3 Å². The second kappa shape index (κ2) is 9.52. The third kappa shape index (κ3) is 4.74. The zero-order chi connectivity index (χ0) is 20.8. The fourth-order valence-electron chi connectivity index (χ4n) is 3.14. The molecule has 7 heteroatoms. The summed E-state index contributed by atoms with van der Waals surface area (Å²) in [6.45, 7) is 2.45. The van der Waals surface area contributed by atoms with Crippen LogP contribution in [0.2, 0.25) is 0 Å². The fourth-order valence-corrected chi connectivity index (χ4v) is 4.23. The minimum absolute atomic E-state index is 0.0515. The number of non-ortho nitro benzene ring substituents is 1. The number of imide groups is 1. The Bertz CT molecular complexity index is 939. The lowest BCUT2D eigenvalue weighted by Gasteiger charge is -2.14. The van der Waals surface area contributed by atoms with Crippen LogP contribution < -0.4 is 0 Å². The quantitative estimate of drug-likeness (QED) is 0.257. The first-order chi connectivity index (χ1) is 14.0. The smallest absolute Gasteiger partial charge is 0.269 e. The van der Waals surface area contributed by atoms with Crippen LogP contribution in [0.4, 0.5) is 5.69 Å². The molecule has 0 aromatic heterocycles. The fraction of sp³-hybridized carbons (Fsp3) is 0.273. The van der Waals surface area contributed by atoms with Gasteiger partial charge in [0.15, 0.2) is 0 Å². The van der Waals surface area contributed by atoms with Crippen LogP contribution in [0.25, 0.3) is 5.57 Å². The molecule has 2 aromatic rings. The van der Waals surface area contributed by atoms with Crippen molar-refractivity contribution in [2.24, 2.45) is 0 Å². The molecule has 1 aliphatic heterocycles. The molecule has 3 rings (SSSR count). The van der Waals surface area contributed by atoms with Gasteiger partial charge >= 0.3 is 0 Å². The Morgan fingerprint density at radius 3 is 2.28 bits per heavy atom. The van der Waals surface area contributed by atoms with Crippen molar-refractivity contribution in [3.63, 3.8) is 0 Å². The van der Waals surface area contributed by atoms with Crippen molar-refractivity contribution < 1.29 is 14.5 Å². The van der Waals surface area contributed by atoms with Crippen molar-refractivity contribution >= 4 is 34.8 Å². The van der Waals surface area contributed by atoms with Crippen LogP contribution in [-0.2, 0) is 15.3 Å². The lowest BCUT2D eigenvalue weighted by atomic mass is 10.1. The van der Waals surface area contributed by atoms with Crippen LogP contribution in [-0.4, -0.2) is 28.2 Å². The Kier molecular flexibility index (Phi) is 6.82. The maximum Gasteiger partial charge on any atom is 0.269 e. The van der Waals surface area contributed by atoms with Crippen LogP contribution >= 0.6 is 11.8 Å². The molecule has 2 amide bonds. The molecule has 29 heavy (non-hydrogen) atoms. The van der Waals surface area contributed by atoms with E-state index >= 15 is 0 Å². The van der Waals surface area contributed by atoms with E-state index in [0.717, 1.165) is 24.8 Å². The molecule has 0 N–H and O–H groups in total. The molecule has 0 saturated heterocycles. The topological polar surface area (TPSA) is 80.5 Å². The summed E-state index contributed by atoms with van der Waals surface area (Å²) >= 11 is 1.34. The van der Waals surface area contributed by atoms with E-state index < -0.39 is 4.92 Å². The van der Waals surface area contributed by atoms with Crippen LogP contribution in [0.15, 0.2) is 59.5 Å². The molecule has 6 nitrogen and oxygen atoms in total. The van der Waals surface area contributed by atoms with Crippen molar-refractivity contribution in [2.45, 2.75) is 31.9 Å². The first-order valence-electron chi connectivity index (χ1n) is 9.55. The molecule has 0 unspecified atom stereocenters. The van der Waals surface area contributed by atoms with Crippen molar-refractivity contribution in [3.8, 4) is 0 Å². The van der Waals surface area contributed by atoms with Gasteiger partial charge < -0.3 is 0 Å². The molecule has 1 aliphatic rings. The summed E-state index contributed by atoms with van der Waals surface area (Å²) in [5.74, 6) is -0.0371. The van der Waals surface area contributed by atoms with Gasteiger partial charge in [0.1, 0.15) is 0 Å². The number of amides is 2. The first kappa shape index (κ1) is 20.8. The molecular weight excluding hydrogens is 388 g/mol. The highest BCUT2D eigenvalue weighted by Crippen LogP contribution is 2.38. The minimum atomic E-state index is -0.484. The summed E-state index contributed by atoms with van der Waals surface area (Å²) in [5, 5.41) is 10.9. The summed E-state index contributed by atoms with van der Waals surface area (Å²) in [4.78, 5) is 38.2. The molecule has 1 heterocycles. The van der Waals surface area contributed by atoms with E-state index in [1.54, 1.807) is 0 Å². The predicted octanol–water partition coefficient (Wildman–Crippen LogP) is 4.80. The number of carbonyl (C=O) groups excluding carboxylic acids is 2.